The Morgan fingerprint density at radius 1 is 1.12 bits per heavy atom. The third-order valence-corrected chi connectivity index (χ3v) is 3.65. The lowest BCUT2D eigenvalue weighted by molar-refractivity contribution is -0.137. The van der Waals surface area contributed by atoms with Gasteiger partial charge in [0.15, 0.2) is 0 Å². The van der Waals surface area contributed by atoms with Crippen molar-refractivity contribution in [1.82, 2.24) is 9.97 Å². The Bertz CT molecular complexity index is 1000. The summed E-state index contributed by atoms with van der Waals surface area (Å²) in [7, 11) is 0. The Kier molecular flexibility index (Phi) is 3.71. The van der Waals surface area contributed by atoms with Gasteiger partial charge in [-0.1, -0.05) is 0 Å². The molecule has 0 saturated carbocycles. The molecule has 5 N–H and O–H groups in total. The minimum atomic E-state index is -4.72. The van der Waals surface area contributed by atoms with Gasteiger partial charge in [0.2, 0.25) is 0 Å². The Hall–Kier alpha value is -3.36. The number of phenolic OH excluding ortho intramolecular Hbond substituents is 1. The fraction of sp³-hybridized carbons (Fsp3) is 0.0625. The van der Waals surface area contributed by atoms with Crippen molar-refractivity contribution in [1.29, 1.82) is 0 Å². The standard InChI is InChI=1S/C16H11F3N4O2/c17-16(18,19)10-2-1-7(24)5-8(10)12-13(20)9(15(21)25)6-11-14(12)23-4-3-22-11/h1-6,24H,20H2,(H2,21,25). The molecule has 9 heteroatoms. The molecule has 128 valence electrons. The molecule has 3 aromatic rings. The quantitative estimate of drug-likeness (QED) is 0.616. The van der Waals surface area contributed by atoms with E-state index >= 15 is 0 Å². The van der Waals surface area contributed by atoms with Gasteiger partial charge in [0.25, 0.3) is 5.91 Å². The first-order valence-corrected chi connectivity index (χ1v) is 6.93. The van der Waals surface area contributed by atoms with Crippen molar-refractivity contribution in [3.63, 3.8) is 0 Å². The molecule has 0 unspecified atom stereocenters. The van der Waals surface area contributed by atoms with Crippen molar-refractivity contribution in [2.75, 3.05) is 5.73 Å². The third kappa shape index (κ3) is 2.80. The van der Waals surface area contributed by atoms with Crippen LogP contribution in [0.5, 0.6) is 5.75 Å². The lowest BCUT2D eigenvalue weighted by Gasteiger charge is -2.17. The van der Waals surface area contributed by atoms with Crippen LogP contribution in [0.1, 0.15) is 15.9 Å². The minimum absolute atomic E-state index is 0.0566. The number of amides is 1. The summed E-state index contributed by atoms with van der Waals surface area (Å²) in [5, 5.41) is 9.67. The summed E-state index contributed by atoms with van der Waals surface area (Å²) in [6, 6.07) is 3.81. The molecule has 6 nitrogen and oxygen atoms in total. The van der Waals surface area contributed by atoms with Crippen LogP contribution in [-0.2, 0) is 6.18 Å². The number of hydrogen-bond donors (Lipinski definition) is 3. The number of carbonyl (C=O) groups excluding carboxylic acids is 1. The van der Waals surface area contributed by atoms with Gasteiger partial charge in [-0.05, 0) is 24.3 Å². The highest BCUT2D eigenvalue weighted by Gasteiger charge is 2.35. The number of phenols is 1. The maximum atomic E-state index is 13.4. The smallest absolute Gasteiger partial charge is 0.417 e. The van der Waals surface area contributed by atoms with E-state index in [9.17, 15) is 23.1 Å². The maximum absolute atomic E-state index is 13.4. The molecule has 25 heavy (non-hydrogen) atoms. The van der Waals surface area contributed by atoms with Gasteiger partial charge in [-0.15, -0.1) is 0 Å². The molecule has 0 bridgehead atoms. The number of carbonyl (C=O) groups is 1. The summed E-state index contributed by atoms with van der Waals surface area (Å²) < 4.78 is 40.2. The van der Waals surface area contributed by atoms with Gasteiger partial charge in [0, 0.05) is 23.5 Å². The summed E-state index contributed by atoms with van der Waals surface area (Å²) in [6.45, 7) is 0. The van der Waals surface area contributed by atoms with Crippen LogP contribution in [0.4, 0.5) is 18.9 Å². The van der Waals surface area contributed by atoms with E-state index in [4.69, 9.17) is 11.5 Å². The molecule has 1 aromatic heterocycles. The highest BCUT2D eigenvalue weighted by Crippen LogP contribution is 2.43. The molecule has 0 aliphatic rings. The molecule has 0 aliphatic heterocycles. The van der Waals surface area contributed by atoms with E-state index in [1.165, 1.54) is 18.5 Å². The predicted octanol–water partition coefficient (Wildman–Crippen LogP) is 2.70. The van der Waals surface area contributed by atoms with Crippen LogP contribution in [-0.4, -0.2) is 21.0 Å². The molecule has 0 radical (unpaired) electrons. The summed E-state index contributed by atoms with van der Waals surface area (Å²) in [6.07, 6.45) is -2.11. The lowest BCUT2D eigenvalue weighted by atomic mass is 9.93. The number of halogens is 3. The number of nitrogens with two attached hydrogens (primary N) is 2. The first kappa shape index (κ1) is 16.5. The molecule has 2 aromatic carbocycles. The second-order valence-corrected chi connectivity index (χ2v) is 5.23. The van der Waals surface area contributed by atoms with Crippen LogP contribution in [0.25, 0.3) is 22.2 Å². The van der Waals surface area contributed by atoms with E-state index < -0.39 is 29.0 Å². The van der Waals surface area contributed by atoms with E-state index in [-0.39, 0.29) is 27.8 Å². The number of primary amides is 1. The number of alkyl halides is 3. The van der Waals surface area contributed by atoms with Crippen LogP contribution in [0.15, 0.2) is 36.7 Å². The van der Waals surface area contributed by atoms with Gasteiger partial charge >= 0.3 is 6.18 Å². The van der Waals surface area contributed by atoms with E-state index in [1.807, 2.05) is 0 Å². The van der Waals surface area contributed by atoms with Crippen LogP contribution >= 0.6 is 0 Å². The molecule has 0 saturated heterocycles. The van der Waals surface area contributed by atoms with Crippen LogP contribution < -0.4 is 11.5 Å². The molecule has 3 rings (SSSR count). The van der Waals surface area contributed by atoms with Crippen molar-refractivity contribution in [2.45, 2.75) is 6.18 Å². The number of aromatic hydroxyl groups is 1. The highest BCUT2D eigenvalue weighted by atomic mass is 19.4. The molecular formula is C16H11F3N4O2. The van der Waals surface area contributed by atoms with E-state index in [1.54, 1.807) is 0 Å². The van der Waals surface area contributed by atoms with Gasteiger partial charge in [0.1, 0.15) is 5.75 Å². The van der Waals surface area contributed by atoms with Crippen molar-refractivity contribution in [2.24, 2.45) is 5.73 Å². The molecule has 1 heterocycles. The van der Waals surface area contributed by atoms with Gasteiger partial charge < -0.3 is 16.6 Å². The Morgan fingerprint density at radius 3 is 2.44 bits per heavy atom. The number of nitrogens with zero attached hydrogens (tertiary/aromatic N) is 2. The number of fused-ring (bicyclic) bond motifs is 1. The Morgan fingerprint density at radius 2 is 1.80 bits per heavy atom. The first-order chi connectivity index (χ1) is 11.7. The number of hydrogen-bond acceptors (Lipinski definition) is 5. The average Bonchev–Trinajstić information content (AvgIpc) is 2.52. The minimum Gasteiger partial charge on any atom is -0.508 e. The zero-order valence-electron chi connectivity index (χ0n) is 12.5. The zero-order valence-corrected chi connectivity index (χ0v) is 12.5. The summed E-state index contributed by atoms with van der Waals surface area (Å²) in [5.41, 5.74) is 9.33. The van der Waals surface area contributed by atoms with Crippen molar-refractivity contribution >= 4 is 22.6 Å². The highest BCUT2D eigenvalue weighted by molar-refractivity contribution is 6.10. The van der Waals surface area contributed by atoms with Crippen molar-refractivity contribution in [3.8, 4) is 16.9 Å². The van der Waals surface area contributed by atoms with Crippen molar-refractivity contribution < 1.29 is 23.1 Å². The zero-order chi connectivity index (χ0) is 18.4. The first-order valence-electron chi connectivity index (χ1n) is 6.93. The maximum Gasteiger partial charge on any atom is 0.417 e. The number of benzene rings is 2. The number of rotatable bonds is 2. The van der Waals surface area contributed by atoms with E-state index in [0.29, 0.717) is 0 Å². The van der Waals surface area contributed by atoms with Crippen LogP contribution in [0, 0.1) is 0 Å². The second kappa shape index (κ2) is 5.62. The predicted molar refractivity (Wildman–Crippen MR) is 84.6 cm³/mol. The topological polar surface area (TPSA) is 115 Å². The molecule has 1 amide bonds. The Labute approximate surface area is 138 Å². The van der Waals surface area contributed by atoms with Crippen molar-refractivity contribution in [3.05, 3.63) is 47.8 Å². The Balaban J connectivity index is 2.50. The monoisotopic (exact) mass is 348 g/mol. The van der Waals surface area contributed by atoms with Gasteiger partial charge in [-0.3, -0.25) is 14.8 Å². The second-order valence-electron chi connectivity index (χ2n) is 5.23. The van der Waals surface area contributed by atoms with E-state index in [2.05, 4.69) is 9.97 Å². The number of aromatic nitrogens is 2. The summed E-state index contributed by atoms with van der Waals surface area (Å²) in [5.74, 6) is -1.32. The summed E-state index contributed by atoms with van der Waals surface area (Å²) >= 11 is 0. The molecule has 0 aliphatic carbocycles. The number of nitrogen functional groups attached to an aromatic ring is 1. The fourth-order valence-corrected chi connectivity index (χ4v) is 2.59. The summed E-state index contributed by atoms with van der Waals surface area (Å²) in [4.78, 5) is 19.6. The number of anilines is 1. The molecule has 0 fully saturated rings. The molecule has 0 spiro atoms. The van der Waals surface area contributed by atoms with Gasteiger partial charge in [-0.25, -0.2) is 0 Å². The van der Waals surface area contributed by atoms with Gasteiger partial charge in [-0.2, -0.15) is 13.2 Å². The fourth-order valence-electron chi connectivity index (χ4n) is 2.59. The molecule has 0 atom stereocenters. The SMILES string of the molecule is NC(=O)c1cc2nccnc2c(-c2cc(O)ccc2C(F)(F)F)c1N. The van der Waals surface area contributed by atoms with Gasteiger partial charge in [0.05, 0.1) is 27.8 Å². The van der Waals surface area contributed by atoms with Crippen LogP contribution in [0.2, 0.25) is 0 Å². The third-order valence-electron chi connectivity index (χ3n) is 3.65. The normalized spacial score (nSPS) is 11.6. The van der Waals surface area contributed by atoms with E-state index in [0.717, 1.165) is 18.2 Å². The molecular weight excluding hydrogens is 337 g/mol. The van der Waals surface area contributed by atoms with Crippen LogP contribution in [0.3, 0.4) is 0 Å². The average molecular weight is 348 g/mol. The largest absolute Gasteiger partial charge is 0.508 e. The lowest BCUT2D eigenvalue weighted by Crippen LogP contribution is -2.15.